The van der Waals surface area contributed by atoms with Crippen LogP contribution in [0.3, 0.4) is 0 Å². The molecule has 6 aromatic rings. The van der Waals surface area contributed by atoms with Crippen LogP contribution in [0.4, 0.5) is 0 Å². The Kier molecular flexibility index (Phi) is 5.32. The van der Waals surface area contributed by atoms with Gasteiger partial charge in [-0.1, -0.05) is 12.1 Å². The summed E-state index contributed by atoms with van der Waals surface area (Å²) < 4.78 is 3.53. The normalized spacial score (nSPS) is 15.5. The van der Waals surface area contributed by atoms with Gasteiger partial charge >= 0.3 is 5.69 Å². The number of likely N-dealkylation sites (tertiary alicyclic amines) is 1. The number of H-pyrrole nitrogens is 2. The molecule has 1 aliphatic rings. The van der Waals surface area contributed by atoms with Gasteiger partial charge < -0.3 is 9.88 Å². The van der Waals surface area contributed by atoms with Gasteiger partial charge in [-0.3, -0.25) is 29.1 Å². The third-order valence-corrected chi connectivity index (χ3v) is 7.31. The van der Waals surface area contributed by atoms with Crippen LogP contribution in [0.5, 0.6) is 0 Å². The Balaban J connectivity index is 1.21. The lowest BCUT2D eigenvalue weighted by atomic mass is 10.0. The van der Waals surface area contributed by atoms with Crippen molar-refractivity contribution >= 4 is 27.8 Å². The molecule has 1 atom stereocenters. The molecule has 6 heterocycles. The van der Waals surface area contributed by atoms with Crippen LogP contribution in [-0.4, -0.2) is 68.4 Å². The molecular weight excluding hydrogens is 496 g/mol. The fourth-order valence-electron chi connectivity index (χ4n) is 5.37. The van der Waals surface area contributed by atoms with Gasteiger partial charge in [-0.25, -0.2) is 9.78 Å². The molecule has 0 spiro atoms. The second-order valence-electron chi connectivity index (χ2n) is 9.86. The molecule has 0 radical (unpaired) electrons. The lowest BCUT2D eigenvalue weighted by Gasteiger charge is -2.15. The van der Waals surface area contributed by atoms with E-state index in [1.807, 2.05) is 43.7 Å². The van der Waals surface area contributed by atoms with E-state index in [9.17, 15) is 9.59 Å². The molecule has 2 N–H and O–H groups in total. The van der Waals surface area contributed by atoms with Gasteiger partial charge in [-0.05, 0) is 36.1 Å². The van der Waals surface area contributed by atoms with E-state index < -0.39 is 0 Å². The zero-order valence-electron chi connectivity index (χ0n) is 21.1. The Hall–Kier alpha value is -5.13. The van der Waals surface area contributed by atoms with Crippen LogP contribution in [-0.2, 0) is 13.6 Å². The number of nitrogens with one attached hydrogen (secondary N) is 2. The quantitative estimate of drug-likeness (QED) is 0.356. The fourth-order valence-corrected chi connectivity index (χ4v) is 5.37. The highest BCUT2D eigenvalue weighted by molar-refractivity contribution is 6.03. The largest absolute Gasteiger partial charge is 0.336 e. The predicted molar refractivity (Wildman–Crippen MR) is 144 cm³/mol. The predicted octanol–water partition coefficient (Wildman–Crippen LogP) is 2.62. The molecule has 0 saturated carbocycles. The number of fused-ring (bicyclic) bond motifs is 3. The monoisotopic (exact) mass is 520 g/mol. The van der Waals surface area contributed by atoms with Crippen LogP contribution in [0.15, 0.2) is 66.2 Å². The molecule has 1 amide bonds. The molecule has 0 bridgehead atoms. The SMILES string of the molecule is Cn1cc(-c2ccc(-c3ccc4ncc5[nH]c(=O)n(CC6CCN(C(=O)c7nc[nH]n7)C6)c5c4c3)cn2)cn1. The third-order valence-electron chi connectivity index (χ3n) is 7.31. The van der Waals surface area contributed by atoms with E-state index in [4.69, 9.17) is 0 Å². The number of rotatable bonds is 5. The molecule has 12 nitrogen and oxygen atoms in total. The van der Waals surface area contributed by atoms with Crippen molar-refractivity contribution in [1.29, 1.82) is 0 Å². The van der Waals surface area contributed by atoms with Crippen molar-refractivity contribution in [2.24, 2.45) is 13.0 Å². The molecule has 7 rings (SSSR count). The number of carbonyl (C=O) groups excluding carboxylic acids is 1. The van der Waals surface area contributed by atoms with E-state index in [0.29, 0.717) is 25.2 Å². The Morgan fingerprint density at radius 3 is 2.72 bits per heavy atom. The highest BCUT2D eigenvalue weighted by atomic mass is 16.2. The lowest BCUT2D eigenvalue weighted by molar-refractivity contribution is 0.0774. The summed E-state index contributed by atoms with van der Waals surface area (Å²) >= 11 is 0. The maximum Gasteiger partial charge on any atom is 0.326 e. The van der Waals surface area contributed by atoms with Crippen molar-refractivity contribution in [1.82, 2.24) is 49.4 Å². The summed E-state index contributed by atoms with van der Waals surface area (Å²) in [5, 5.41) is 11.6. The number of aryl methyl sites for hydroxylation is 1. The highest BCUT2D eigenvalue weighted by Gasteiger charge is 2.29. The van der Waals surface area contributed by atoms with Crippen LogP contribution in [0.2, 0.25) is 0 Å². The van der Waals surface area contributed by atoms with Gasteiger partial charge in [0.05, 0.1) is 34.6 Å². The van der Waals surface area contributed by atoms with Gasteiger partial charge in [0, 0.05) is 55.6 Å². The summed E-state index contributed by atoms with van der Waals surface area (Å²) in [7, 11) is 1.88. The molecule has 0 aliphatic carbocycles. The number of benzene rings is 1. The number of nitrogens with zero attached hydrogens (tertiary/aromatic N) is 8. The van der Waals surface area contributed by atoms with Crippen LogP contribution in [0, 0.1) is 5.92 Å². The molecule has 1 aromatic carbocycles. The Morgan fingerprint density at radius 1 is 1.05 bits per heavy atom. The first kappa shape index (κ1) is 23.0. The van der Waals surface area contributed by atoms with Crippen molar-refractivity contribution in [2.45, 2.75) is 13.0 Å². The van der Waals surface area contributed by atoms with Gasteiger partial charge in [0.1, 0.15) is 6.33 Å². The van der Waals surface area contributed by atoms with Gasteiger partial charge in [0.15, 0.2) is 0 Å². The average Bonchev–Trinajstić information content (AvgIpc) is 3.77. The van der Waals surface area contributed by atoms with Crippen molar-refractivity contribution < 1.29 is 4.79 Å². The van der Waals surface area contributed by atoms with Crippen molar-refractivity contribution in [3.63, 3.8) is 0 Å². The Morgan fingerprint density at radius 2 is 1.95 bits per heavy atom. The summed E-state index contributed by atoms with van der Waals surface area (Å²) in [5.41, 5.74) is 5.85. The minimum atomic E-state index is -0.201. The number of imidazole rings is 1. The summed E-state index contributed by atoms with van der Waals surface area (Å²) in [6.45, 7) is 1.63. The number of hydrogen-bond donors (Lipinski definition) is 2. The maximum absolute atomic E-state index is 13.1. The smallest absolute Gasteiger partial charge is 0.326 e. The number of amides is 1. The Bertz CT molecular complexity index is 1880. The molecule has 39 heavy (non-hydrogen) atoms. The molecule has 12 heteroatoms. The Labute approximate surface area is 221 Å². The summed E-state index contributed by atoms with van der Waals surface area (Å²) in [6, 6.07) is 10.1. The van der Waals surface area contributed by atoms with E-state index in [1.54, 1.807) is 26.5 Å². The third kappa shape index (κ3) is 4.06. The molecule has 1 saturated heterocycles. The van der Waals surface area contributed by atoms with Crippen LogP contribution < -0.4 is 5.69 Å². The lowest BCUT2D eigenvalue weighted by Crippen LogP contribution is -2.30. The standard InChI is InChI=1S/C27H24N10O2/c1-35-14-19(10-32-35)21-4-3-18(9-28-21)17-2-5-22-20(8-17)24-23(11-29-22)33-27(39)37(24)13-16-6-7-36(12-16)26(38)25-30-15-31-34-25/h2-5,8-11,14-16H,6-7,12-13H2,1H3,(H,33,39)(H,30,31,34). The van der Waals surface area contributed by atoms with Crippen molar-refractivity contribution in [2.75, 3.05) is 13.1 Å². The van der Waals surface area contributed by atoms with Gasteiger partial charge in [-0.2, -0.15) is 5.10 Å². The number of hydrogen-bond acceptors (Lipinski definition) is 7. The number of aromatic amines is 2. The molecule has 1 fully saturated rings. The molecule has 5 aromatic heterocycles. The topological polar surface area (TPSA) is 143 Å². The molecule has 194 valence electrons. The zero-order chi connectivity index (χ0) is 26.5. The molecule has 1 aliphatic heterocycles. The van der Waals surface area contributed by atoms with Gasteiger partial charge in [0.2, 0.25) is 5.82 Å². The van der Waals surface area contributed by atoms with Crippen molar-refractivity contribution in [3.8, 4) is 22.4 Å². The van der Waals surface area contributed by atoms with Crippen LogP contribution in [0.25, 0.3) is 44.3 Å². The highest BCUT2D eigenvalue weighted by Crippen LogP contribution is 2.30. The van der Waals surface area contributed by atoms with E-state index >= 15 is 0 Å². The van der Waals surface area contributed by atoms with Gasteiger partial charge in [-0.15, -0.1) is 5.10 Å². The first-order valence-corrected chi connectivity index (χ1v) is 12.7. The summed E-state index contributed by atoms with van der Waals surface area (Å²) in [5.74, 6) is 0.0835. The van der Waals surface area contributed by atoms with E-state index in [0.717, 1.165) is 45.2 Å². The summed E-state index contributed by atoms with van der Waals surface area (Å²) in [6.07, 6.45) is 9.45. The van der Waals surface area contributed by atoms with Gasteiger partial charge in [0.25, 0.3) is 5.91 Å². The number of pyridine rings is 2. The first-order chi connectivity index (χ1) is 19.0. The van der Waals surface area contributed by atoms with Crippen LogP contribution >= 0.6 is 0 Å². The fraction of sp³-hybridized carbons (Fsp3) is 0.222. The van der Waals surface area contributed by atoms with Crippen LogP contribution in [0.1, 0.15) is 17.0 Å². The number of aromatic nitrogens is 9. The average molecular weight is 521 g/mol. The zero-order valence-corrected chi connectivity index (χ0v) is 21.1. The minimum absolute atomic E-state index is 0.125. The molecule has 1 unspecified atom stereocenters. The van der Waals surface area contributed by atoms with E-state index in [2.05, 4.69) is 41.3 Å². The number of carbonyl (C=O) groups is 1. The van der Waals surface area contributed by atoms with E-state index in [-0.39, 0.29) is 23.3 Å². The maximum atomic E-state index is 13.1. The first-order valence-electron chi connectivity index (χ1n) is 12.7. The minimum Gasteiger partial charge on any atom is -0.336 e. The van der Waals surface area contributed by atoms with Crippen molar-refractivity contribution in [3.05, 3.63) is 77.8 Å². The second kappa shape index (κ2) is 9.01. The van der Waals surface area contributed by atoms with E-state index in [1.165, 1.54) is 6.33 Å². The molecular formula is C27H24N10O2. The second-order valence-corrected chi connectivity index (χ2v) is 9.86. The summed E-state index contributed by atoms with van der Waals surface area (Å²) in [4.78, 5) is 43.6.